The van der Waals surface area contributed by atoms with Gasteiger partial charge in [-0.1, -0.05) is 0 Å². The molecule has 3 N–H and O–H groups in total. The first-order valence-corrected chi connectivity index (χ1v) is 7.74. The second-order valence-electron chi connectivity index (χ2n) is 4.39. The van der Waals surface area contributed by atoms with Crippen LogP contribution < -0.4 is 10.9 Å². The number of aromatic amines is 1. The minimum atomic E-state index is -0.390. The van der Waals surface area contributed by atoms with Crippen molar-refractivity contribution in [3.63, 3.8) is 0 Å². The summed E-state index contributed by atoms with van der Waals surface area (Å²) in [6.07, 6.45) is 1.98. The third-order valence-electron chi connectivity index (χ3n) is 2.88. The van der Waals surface area contributed by atoms with E-state index in [4.69, 9.17) is 9.52 Å². The standard InChI is InChI=1S/C13H17N3O4S/c1-8-9(10-12(19)15-7-16-13(10)20-8)11(18)14-3-6-21-5-2-4-17/h7,17H,2-6H2,1H3,(H,14,18)(H,15,16,19). The second kappa shape index (κ2) is 7.28. The van der Waals surface area contributed by atoms with Crippen molar-refractivity contribution >= 4 is 28.8 Å². The third-order valence-corrected chi connectivity index (χ3v) is 3.95. The van der Waals surface area contributed by atoms with Crippen molar-refractivity contribution in [3.05, 3.63) is 28.0 Å². The molecule has 0 aromatic carbocycles. The van der Waals surface area contributed by atoms with Crippen LogP contribution in [0.2, 0.25) is 0 Å². The minimum absolute atomic E-state index is 0.165. The Balaban J connectivity index is 2.03. The summed E-state index contributed by atoms with van der Waals surface area (Å²) in [5, 5.41) is 11.6. The molecule has 0 aliphatic rings. The highest BCUT2D eigenvalue weighted by atomic mass is 32.2. The SMILES string of the molecule is Cc1oc2nc[nH]c(=O)c2c1C(=O)NCCSCCCO. The number of H-pyrrole nitrogens is 1. The lowest BCUT2D eigenvalue weighted by molar-refractivity contribution is 0.0956. The molecule has 7 nitrogen and oxygen atoms in total. The number of aliphatic hydroxyl groups excluding tert-OH is 1. The van der Waals surface area contributed by atoms with Gasteiger partial charge in [-0.25, -0.2) is 4.98 Å². The van der Waals surface area contributed by atoms with Crippen LogP contribution in [-0.2, 0) is 0 Å². The zero-order chi connectivity index (χ0) is 15.2. The molecule has 0 spiro atoms. The van der Waals surface area contributed by atoms with Crippen molar-refractivity contribution in [1.82, 2.24) is 15.3 Å². The fraction of sp³-hybridized carbons (Fsp3) is 0.462. The quantitative estimate of drug-likeness (QED) is 0.649. The second-order valence-corrected chi connectivity index (χ2v) is 5.62. The van der Waals surface area contributed by atoms with Crippen molar-refractivity contribution in [3.8, 4) is 0 Å². The summed E-state index contributed by atoms with van der Waals surface area (Å²) >= 11 is 1.65. The number of amides is 1. The Morgan fingerprint density at radius 1 is 1.52 bits per heavy atom. The highest BCUT2D eigenvalue weighted by Gasteiger charge is 2.21. The van der Waals surface area contributed by atoms with E-state index in [1.807, 2.05) is 0 Å². The predicted octanol–water partition coefficient (Wildman–Crippen LogP) is 0.670. The average Bonchev–Trinajstić information content (AvgIpc) is 2.80. The van der Waals surface area contributed by atoms with Gasteiger partial charge in [0.05, 0.1) is 11.9 Å². The molecular weight excluding hydrogens is 294 g/mol. The number of aryl methyl sites for hydroxylation is 1. The molecule has 21 heavy (non-hydrogen) atoms. The van der Waals surface area contributed by atoms with E-state index in [2.05, 4.69) is 15.3 Å². The summed E-state index contributed by atoms with van der Waals surface area (Å²) in [6, 6.07) is 0. The van der Waals surface area contributed by atoms with E-state index in [-0.39, 0.29) is 34.7 Å². The van der Waals surface area contributed by atoms with Crippen LogP contribution in [-0.4, -0.2) is 45.6 Å². The average molecular weight is 311 g/mol. The maximum Gasteiger partial charge on any atom is 0.262 e. The molecule has 0 aliphatic carbocycles. The van der Waals surface area contributed by atoms with Gasteiger partial charge in [-0.2, -0.15) is 11.8 Å². The molecule has 0 saturated carbocycles. The third kappa shape index (κ3) is 3.64. The molecular formula is C13H17N3O4S. The molecule has 8 heteroatoms. The first-order chi connectivity index (χ1) is 10.1. The Bertz CT molecular complexity index is 680. The number of furan rings is 1. The Morgan fingerprint density at radius 2 is 2.33 bits per heavy atom. The zero-order valence-corrected chi connectivity index (χ0v) is 12.5. The van der Waals surface area contributed by atoms with E-state index >= 15 is 0 Å². The summed E-state index contributed by atoms with van der Waals surface area (Å²) in [5.41, 5.74) is 0.0118. The lowest BCUT2D eigenvalue weighted by Gasteiger charge is -2.04. The number of carbonyl (C=O) groups is 1. The van der Waals surface area contributed by atoms with Crippen LogP contribution in [0, 0.1) is 6.92 Å². The molecule has 0 aliphatic heterocycles. The van der Waals surface area contributed by atoms with E-state index < -0.39 is 0 Å². The molecule has 2 heterocycles. The van der Waals surface area contributed by atoms with E-state index in [1.54, 1.807) is 18.7 Å². The van der Waals surface area contributed by atoms with Gasteiger partial charge in [0.2, 0.25) is 5.71 Å². The Kier molecular flexibility index (Phi) is 5.40. The van der Waals surface area contributed by atoms with Gasteiger partial charge in [0.1, 0.15) is 11.1 Å². The molecule has 0 saturated heterocycles. The Morgan fingerprint density at radius 3 is 3.10 bits per heavy atom. The van der Waals surface area contributed by atoms with E-state index in [0.717, 1.165) is 17.9 Å². The molecule has 2 aromatic heterocycles. The smallest absolute Gasteiger partial charge is 0.262 e. The topological polar surface area (TPSA) is 108 Å². The number of rotatable bonds is 7. The van der Waals surface area contributed by atoms with Gasteiger partial charge in [0.15, 0.2) is 0 Å². The molecule has 2 aromatic rings. The molecule has 2 rings (SSSR count). The molecule has 114 valence electrons. The number of aliphatic hydroxyl groups is 1. The van der Waals surface area contributed by atoms with Gasteiger partial charge >= 0.3 is 0 Å². The number of aromatic nitrogens is 2. The van der Waals surface area contributed by atoms with Crippen LogP contribution in [0.15, 0.2) is 15.5 Å². The van der Waals surface area contributed by atoms with Crippen LogP contribution in [0.5, 0.6) is 0 Å². The minimum Gasteiger partial charge on any atom is -0.442 e. The Hall–Kier alpha value is -1.80. The maximum absolute atomic E-state index is 12.2. The molecule has 1 amide bonds. The van der Waals surface area contributed by atoms with Gasteiger partial charge in [0.25, 0.3) is 11.5 Å². The Labute approximate surface area is 125 Å². The lowest BCUT2D eigenvalue weighted by atomic mass is 10.2. The summed E-state index contributed by atoms with van der Waals surface area (Å²) in [5.74, 6) is 1.63. The van der Waals surface area contributed by atoms with Gasteiger partial charge in [-0.15, -0.1) is 0 Å². The molecule has 0 bridgehead atoms. The van der Waals surface area contributed by atoms with Crippen LogP contribution in [0.1, 0.15) is 22.5 Å². The van der Waals surface area contributed by atoms with Gasteiger partial charge in [-0.3, -0.25) is 9.59 Å². The van der Waals surface area contributed by atoms with Crippen LogP contribution in [0.25, 0.3) is 11.1 Å². The lowest BCUT2D eigenvalue weighted by Crippen LogP contribution is -2.27. The number of hydrogen-bond acceptors (Lipinski definition) is 6. The number of fused-ring (bicyclic) bond motifs is 1. The number of carbonyl (C=O) groups excluding carboxylic acids is 1. The largest absolute Gasteiger partial charge is 0.442 e. The molecule has 0 radical (unpaired) electrons. The van der Waals surface area contributed by atoms with E-state index in [9.17, 15) is 9.59 Å². The first kappa shape index (κ1) is 15.6. The van der Waals surface area contributed by atoms with Crippen molar-refractivity contribution in [2.75, 3.05) is 24.7 Å². The van der Waals surface area contributed by atoms with Crippen molar-refractivity contribution in [2.24, 2.45) is 0 Å². The predicted molar refractivity (Wildman–Crippen MR) is 80.7 cm³/mol. The fourth-order valence-electron chi connectivity index (χ4n) is 1.92. The fourth-order valence-corrected chi connectivity index (χ4v) is 2.70. The monoisotopic (exact) mass is 311 g/mol. The summed E-state index contributed by atoms with van der Waals surface area (Å²) < 4.78 is 5.34. The summed E-state index contributed by atoms with van der Waals surface area (Å²) in [6.45, 7) is 2.29. The highest BCUT2D eigenvalue weighted by molar-refractivity contribution is 7.99. The van der Waals surface area contributed by atoms with Crippen LogP contribution in [0.4, 0.5) is 0 Å². The van der Waals surface area contributed by atoms with Crippen molar-refractivity contribution in [1.29, 1.82) is 0 Å². The van der Waals surface area contributed by atoms with Crippen LogP contribution >= 0.6 is 11.8 Å². The molecule has 0 unspecified atom stereocenters. The van der Waals surface area contributed by atoms with E-state index in [1.165, 1.54) is 6.33 Å². The van der Waals surface area contributed by atoms with Crippen LogP contribution in [0.3, 0.4) is 0 Å². The summed E-state index contributed by atoms with van der Waals surface area (Å²) in [4.78, 5) is 30.3. The van der Waals surface area contributed by atoms with Gasteiger partial charge in [0, 0.05) is 18.9 Å². The van der Waals surface area contributed by atoms with E-state index in [0.29, 0.717) is 12.3 Å². The highest BCUT2D eigenvalue weighted by Crippen LogP contribution is 2.20. The van der Waals surface area contributed by atoms with Gasteiger partial charge in [-0.05, 0) is 19.1 Å². The number of nitrogens with zero attached hydrogens (tertiary/aromatic N) is 1. The van der Waals surface area contributed by atoms with Crippen molar-refractivity contribution < 1.29 is 14.3 Å². The molecule has 0 atom stereocenters. The number of hydrogen-bond donors (Lipinski definition) is 3. The first-order valence-electron chi connectivity index (χ1n) is 6.58. The zero-order valence-electron chi connectivity index (χ0n) is 11.6. The number of thioether (sulfide) groups is 1. The molecule has 0 fully saturated rings. The maximum atomic E-state index is 12.2. The number of nitrogens with one attached hydrogen (secondary N) is 2. The normalized spacial score (nSPS) is 11.0. The van der Waals surface area contributed by atoms with Crippen molar-refractivity contribution in [2.45, 2.75) is 13.3 Å². The summed E-state index contributed by atoms with van der Waals surface area (Å²) in [7, 11) is 0. The van der Waals surface area contributed by atoms with Gasteiger partial charge < -0.3 is 19.8 Å².